The molecule has 0 bridgehead atoms. The number of benzene rings is 2. The van der Waals surface area contributed by atoms with Crippen LogP contribution in [0, 0.1) is 11.3 Å². The van der Waals surface area contributed by atoms with E-state index in [1.165, 1.54) is 4.80 Å². The van der Waals surface area contributed by atoms with Crippen molar-refractivity contribution in [2.24, 2.45) is 0 Å². The average Bonchev–Trinajstić information content (AvgIpc) is 3.04. The summed E-state index contributed by atoms with van der Waals surface area (Å²) in [5.41, 5.74) is 1.41. The monoisotopic (exact) mass is 325 g/mol. The summed E-state index contributed by atoms with van der Waals surface area (Å²) >= 11 is 5.85. The number of nitriles is 1. The summed E-state index contributed by atoms with van der Waals surface area (Å²) in [6.45, 7) is 0.836. The minimum Gasteiger partial charge on any atom is -0.492 e. The Morgan fingerprint density at radius 1 is 1.17 bits per heavy atom. The van der Waals surface area contributed by atoms with Crippen LogP contribution in [-0.2, 0) is 6.54 Å². The number of nitrogens with zero attached hydrogens (tertiary/aromatic N) is 5. The molecule has 0 fully saturated rings. The van der Waals surface area contributed by atoms with Crippen molar-refractivity contribution >= 4 is 11.6 Å². The molecule has 0 saturated carbocycles. The van der Waals surface area contributed by atoms with Crippen molar-refractivity contribution in [3.8, 4) is 23.2 Å². The normalized spacial score (nSPS) is 10.3. The zero-order valence-electron chi connectivity index (χ0n) is 12.1. The fourth-order valence-corrected chi connectivity index (χ4v) is 2.08. The van der Waals surface area contributed by atoms with E-state index < -0.39 is 0 Å². The highest BCUT2D eigenvalue weighted by Crippen LogP contribution is 2.17. The summed E-state index contributed by atoms with van der Waals surface area (Å²) in [5, 5.41) is 21.8. The van der Waals surface area contributed by atoms with E-state index in [0.29, 0.717) is 35.3 Å². The van der Waals surface area contributed by atoms with Gasteiger partial charge in [-0.05, 0) is 47.7 Å². The molecule has 0 spiro atoms. The van der Waals surface area contributed by atoms with Gasteiger partial charge in [0.05, 0.1) is 18.2 Å². The molecule has 0 amide bonds. The van der Waals surface area contributed by atoms with Crippen LogP contribution in [0.15, 0.2) is 48.5 Å². The molecule has 0 aliphatic carbocycles. The first kappa shape index (κ1) is 15.0. The number of aromatic nitrogens is 4. The molecular formula is C16H12ClN5O. The van der Waals surface area contributed by atoms with E-state index in [1.807, 2.05) is 12.1 Å². The first-order valence-electron chi connectivity index (χ1n) is 6.91. The summed E-state index contributed by atoms with van der Waals surface area (Å²) in [4.78, 5) is 1.47. The fourth-order valence-electron chi connectivity index (χ4n) is 1.95. The third-order valence-electron chi connectivity index (χ3n) is 3.08. The smallest absolute Gasteiger partial charge is 0.204 e. The van der Waals surface area contributed by atoms with E-state index in [4.69, 9.17) is 21.6 Å². The van der Waals surface area contributed by atoms with Gasteiger partial charge in [-0.25, -0.2) is 0 Å². The van der Waals surface area contributed by atoms with Crippen LogP contribution in [0.4, 0.5) is 0 Å². The molecule has 0 atom stereocenters. The highest BCUT2D eigenvalue weighted by atomic mass is 35.5. The maximum atomic E-state index is 8.85. The molecular weight excluding hydrogens is 314 g/mol. The number of ether oxygens (including phenoxy) is 1. The Labute approximate surface area is 137 Å². The predicted molar refractivity (Wildman–Crippen MR) is 84.9 cm³/mol. The summed E-state index contributed by atoms with van der Waals surface area (Å²) in [5.74, 6) is 1.18. The quantitative estimate of drug-likeness (QED) is 0.720. The first-order valence-corrected chi connectivity index (χ1v) is 7.29. The maximum absolute atomic E-state index is 8.85. The van der Waals surface area contributed by atoms with Crippen LogP contribution in [0.1, 0.15) is 5.56 Å². The molecule has 6 nitrogen and oxygen atoms in total. The largest absolute Gasteiger partial charge is 0.492 e. The van der Waals surface area contributed by atoms with Crippen molar-refractivity contribution in [2.75, 3.05) is 6.61 Å². The third kappa shape index (κ3) is 3.84. The van der Waals surface area contributed by atoms with Gasteiger partial charge in [-0.15, -0.1) is 10.2 Å². The first-order chi connectivity index (χ1) is 11.2. The minimum atomic E-state index is 0.380. The Kier molecular flexibility index (Phi) is 4.50. The Bertz CT molecular complexity index is 838. The van der Waals surface area contributed by atoms with E-state index in [1.54, 1.807) is 36.4 Å². The van der Waals surface area contributed by atoms with Gasteiger partial charge in [0.25, 0.3) is 0 Å². The van der Waals surface area contributed by atoms with Gasteiger partial charge in [0.15, 0.2) is 0 Å². The second-order valence-electron chi connectivity index (χ2n) is 4.70. The van der Waals surface area contributed by atoms with Crippen molar-refractivity contribution in [2.45, 2.75) is 6.54 Å². The molecule has 3 rings (SSSR count). The zero-order valence-corrected chi connectivity index (χ0v) is 12.8. The lowest BCUT2D eigenvalue weighted by atomic mass is 10.2. The van der Waals surface area contributed by atoms with Gasteiger partial charge in [-0.2, -0.15) is 10.1 Å². The third-order valence-corrected chi connectivity index (χ3v) is 3.33. The van der Waals surface area contributed by atoms with Crippen molar-refractivity contribution in [1.29, 1.82) is 5.26 Å². The summed E-state index contributed by atoms with van der Waals surface area (Å²) in [7, 11) is 0. The molecule has 0 aliphatic heterocycles. The summed E-state index contributed by atoms with van der Waals surface area (Å²) < 4.78 is 5.59. The highest BCUT2D eigenvalue weighted by molar-refractivity contribution is 6.30. The standard InChI is InChI=1S/C16H12ClN5O/c17-14-6-4-13(5-7-14)16-19-21-22(20-16)8-9-23-15-3-1-2-12(10-15)11-18/h1-7,10H,8-9H2. The molecule has 1 aromatic heterocycles. The molecule has 1 heterocycles. The van der Waals surface area contributed by atoms with Crippen LogP contribution in [0.2, 0.25) is 5.02 Å². The van der Waals surface area contributed by atoms with Gasteiger partial charge in [0.1, 0.15) is 12.4 Å². The number of tetrazole rings is 1. The van der Waals surface area contributed by atoms with Gasteiger partial charge in [0.2, 0.25) is 5.82 Å². The van der Waals surface area contributed by atoms with Crippen molar-refractivity contribution < 1.29 is 4.74 Å². The van der Waals surface area contributed by atoms with Crippen LogP contribution in [-0.4, -0.2) is 26.8 Å². The number of halogens is 1. The molecule has 23 heavy (non-hydrogen) atoms. The van der Waals surface area contributed by atoms with Crippen LogP contribution < -0.4 is 4.74 Å². The van der Waals surface area contributed by atoms with E-state index in [9.17, 15) is 0 Å². The summed E-state index contributed by atoms with van der Waals surface area (Å²) in [6.07, 6.45) is 0. The van der Waals surface area contributed by atoms with E-state index in [-0.39, 0.29) is 0 Å². The lowest BCUT2D eigenvalue weighted by Gasteiger charge is -2.05. The average molecular weight is 326 g/mol. The molecule has 0 unspecified atom stereocenters. The molecule has 3 aromatic rings. The molecule has 0 radical (unpaired) electrons. The van der Waals surface area contributed by atoms with Gasteiger partial charge in [0, 0.05) is 10.6 Å². The number of hydrogen-bond acceptors (Lipinski definition) is 5. The lowest BCUT2D eigenvalue weighted by molar-refractivity contribution is 0.280. The Balaban J connectivity index is 1.59. The number of rotatable bonds is 5. The zero-order chi connectivity index (χ0) is 16.1. The fraction of sp³-hybridized carbons (Fsp3) is 0.125. The second kappa shape index (κ2) is 6.90. The molecule has 2 aromatic carbocycles. The van der Waals surface area contributed by atoms with Gasteiger partial charge in [-0.3, -0.25) is 0 Å². The summed E-state index contributed by atoms with van der Waals surface area (Å²) in [6, 6.07) is 16.3. The van der Waals surface area contributed by atoms with Crippen LogP contribution >= 0.6 is 11.6 Å². The van der Waals surface area contributed by atoms with Gasteiger partial charge < -0.3 is 4.74 Å². The SMILES string of the molecule is N#Cc1cccc(OCCn2nnc(-c3ccc(Cl)cc3)n2)c1. The van der Waals surface area contributed by atoms with Crippen molar-refractivity contribution in [1.82, 2.24) is 20.2 Å². The topological polar surface area (TPSA) is 76.6 Å². The second-order valence-corrected chi connectivity index (χ2v) is 5.14. The minimum absolute atomic E-state index is 0.380. The maximum Gasteiger partial charge on any atom is 0.204 e. The highest BCUT2D eigenvalue weighted by Gasteiger charge is 2.06. The number of hydrogen-bond donors (Lipinski definition) is 0. The van der Waals surface area contributed by atoms with Crippen molar-refractivity contribution in [3.63, 3.8) is 0 Å². The lowest BCUT2D eigenvalue weighted by Crippen LogP contribution is -2.11. The van der Waals surface area contributed by atoms with E-state index in [0.717, 1.165) is 5.56 Å². The molecule has 0 saturated heterocycles. The molecule has 7 heteroatoms. The van der Waals surface area contributed by atoms with Crippen LogP contribution in [0.25, 0.3) is 11.4 Å². The Hall–Kier alpha value is -2.91. The molecule has 114 valence electrons. The molecule has 0 N–H and O–H groups in total. The van der Waals surface area contributed by atoms with Crippen molar-refractivity contribution in [3.05, 3.63) is 59.1 Å². The van der Waals surface area contributed by atoms with Crippen LogP contribution in [0.5, 0.6) is 5.75 Å². The predicted octanol–water partition coefficient (Wildman–Crippen LogP) is 2.94. The van der Waals surface area contributed by atoms with Gasteiger partial charge in [-0.1, -0.05) is 17.7 Å². The molecule has 0 aliphatic rings. The van der Waals surface area contributed by atoms with E-state index >= 15 is 0 Å². The van der Waals surface area contributed by atoms with E-state index in [2.05, 4.69) is 21.5 Å². The Morgan fingerprint density at radius 3 is 2.78 bits per heavy atom. The van der Waals surface area contributed by atoms with Crippen LogP contribution in [0.3, 0.4) is 0 Å². The van der Waals surface area contributed by atoms with Gasteiger partial charge >= 0.3 is 0 Å². The Morgan fingerprint density at radius 2 is 2.00 bits per heavy atom.